The molecule has 0 bridgehead atoms. The van der Waals surface area contributed by atoms with E-state index >= 15 is 0 Å². The van der Waals surface area contributed by atoms with E-state index < -0.39 is 0 Å². The summed E-state index contributed by atoms with van der Waals surface area (Å²) < 4.78 is 7.88. The number of nitrogens with zero attached hydrogens (tertiary/aromatic N) is 2. The van der Waals surface area contributed by atoms with Crippen molar-refractivity contribution in [3.05, 3.63) is 53.9 Å². The third-order valence-electron chi connectivity index (χ3n) is 5.66. The predicted molar refractivity (Wildman–Crippen MR) is 111 cm³/mol. The summed E-state index contributed by atoms with van der Waals surface area (Å²) in [5.74, 6) is 0.877. The van der Waals surface area contributed by atoms with Crippen molar-refractivity contribution in [1.29, 1.82) is 0 Å². The third kappa shape index (κ3) is 2.66. The summed E-state index contributed by atoms with van der Waals surface area (Å²) in [6.07, 6.45) is 5.82. The first-order chi connectivity index (χ1) is 13.8. The van der Waals surface area contributed by atoms with Gasteiger partial charge in [-0.15, -0.1) is 0 Å². The largest absolute Gasteiger partial charge is 0.445 e. The monoisotopic (exact) mass is 373 g/mol. The van der Waals surface area contributed by atoms with Crippen molar-refractivity contribution >= 4 is 27.6 Å². The molecule has 2 heterocycles. The molecular weight excluding hydrogens is 350 g/mol. The molecule has 5 rings (SSSR count). The maximum Gasteiger partial charge on any atom is 0.225 e. The third-order valence-corrected chi connectivity index (χ3v) is 5.66. The minimum absolute atomic E-state index is 0.256. The molecule has 1 aliphatic rings. The summed E-state index contributed by atoms with van der Waals surface area (Å²) in [5.41, 5.74) is 5.43. The number of ketones is 1. The first kappa shape index (κ1) is 17.2. The second-order valence-corrected chi connectivity index (χ2v) is 7.38. The van der Waals surface area contributed by atoms with Crippen LogP contribution in [0.4, 0.5) is 0 Å². The molecule has 0 amide bonds. The summed E-state index contributed by atoms with van der Waals surface area (Å²) in [6.45, 7) is 5.02. The van der Waals surface area contributed by atoms with Crippen LogP contribution in [0.25, 0.3) is 33.3 Å². The van der Waals surface area contributed by atoms with Crippen LogP contribution < -0.4 is 5.32 Å². The first-order valence-corrected chi connectivity index (χ1v) is 9.99. The summed E-state index contributed by atoms with van der Waals surface area (Å²) in [4.78, 5) is 16.6. The molecule has 0 unspecified atom stereocenters. The molecule has 5 nitrogen and oxygen atoms in total. The minimum atomic E-state index is 0.256. The van der Waals surface area contributed by atoms with Crippen molar-refractivity contribution in [2.45, 2.75) is 32.7 Å². The van der Waals surface area contributed by atoms with E-state index in [1.54, 1.807) is 12.5 Å². The molecule has 2 aromatic heterocycles. The first-order valence-electron chi connectivity index (χ1n) is 9.99. The molecule has 0 atom stereocenters. The van der Waals surface area contributed by atoms with E-state index in [1.165, 1.54) is 27.4 Å². The van der Waals surface area contributed by atoms with Crippen LogP contribution in [0.1, 0.15) is 35.7 Å². The number of rotatable bonds is 6. The Hall–Kier alpha value is -2.92. The number of fused-ring (bicyclic) bond motifs is 5. The Morgan fingerprint density at radius 3 is 2.86 bits per heavy atom. The smallest absolute Gasteiger partial charge is 0.225 e. The quantitative estimate of drug-likeness (QED) is 0.503. The number of carbonyl (C=O) groups excluding carboxylic acids is 1. The van der Waals surface area contributed by atoms with Crippen molar-refractivity contribution in [2.75, 3.05) is 13.1 Å². The number of carbonyl (C=O) groups is 1. The number of benzene rings is 2. The van der Waals surface area contributed by atoms with E-state index in [4.69, 9.17) is 4.42 Å². The lowest BCUT2D eigenvalue weighted by Gasteiger charge is -2.09. The van der Waals surface area contributed by atoms with E-state index in [2.05, 4.69) is 46.1 Å². The van der Waals surface area contributed by atoms with E-state index in [-0.39, 0.29) is 5.78 Å². The molecule has 5 heteroatoms. The van der Waals surface area contributed by atoms with Crippen LogP contribution in [-0.4, -0.2) is 28.4 Å². The highest BCUT2D eigenvalue weighted by molar-refractivity contribution is 6.15. The summed E-state index contributed by atoms with van der Waals surface area (Å²) >= 11 is 0. The second-order valence-electron chi connectivity index (χ2n) is 7.38. The molecule has 2 aromatic carbocycles. The average molecular weight is 373 g/mol. The van der Waals surface area contributed by atoms with Gasteiger partial charge in [0.2, 0.25) is 5.89 Å². The van der Waals surface area contributed by atoms with Gasteiger partial charge in [-0.25, -0.2) is 4.98 Å². The van der Waals surface area contributed by atoms with E-state index in [1.807, 2.05) is 6.07 Å². The number of Topliss-reactive ketones (excluding diaryl/α,β-unsaturated/α-hetero) is 1. The van der Waals surface area contributed by atoms with Gasteiger partial charge < -0.3 is 14.3 Å². The fourth-order valence-corrected chi connectivity index (χ4v) is 4.39. The van der Waals surface area contributed by atoms with Gasteiger partial charge in [-0.2, -0.15) is 0 Å². The van der Waals surface area contributed by atoms with Crippen molar-refractivity contribution in [3.63, 3.8) is 0 Å². The van der Waals surface area contributed by atoms with Crippen molar-refractivity contribution in [3.8, 4) is 11.5 Å². The number of hydrogen-bond acceptors (Lipinski definition) is 4. The molecule has 1 N–H and O–H groups in total. The van der Waals surface area contributed by atoms with Gasteiger partial charge in [-0.1, -0.05) is 6.92 Å². The highest BCUT2D eigenvalue weighted by Crippen LogP contribution is 2.38. The highest BCUT2D eigenvalue weighted by atomic mass is 16.3. The summed E-state index contributed by atoms with van der Waals surface area (Å²) in [7, 11) is 0. The van der Waals surface area contributed by atoms with Crippen molar-refractivity contribution in [2.24, 2.45) is 0 Å². The molecule has 4 aromatic rings. The molecule has 142 valence electrons. The van der Waals surface area contributed by atoms with Crippen LogP contribution in [0.2, 0.25) is 0 Å². The van der Waals surface area contributed by atoms with Gasteiger partial charge in [0.15, 0.2) is 5.78 Å². The Bertz CT molecular complexity index is 1170. The van der Waals surface area contributed by atoms with Crippen LogP contribution in [0.5, 0.6) is 0 Å². The summed E-state index contributed by atoms with van der Waals surface area (Å²) in [5, 5.41) is 5.88. The Labute approximate surface area is 163 Å². The van der Waals surface area contributed by atoms with Crippen LogP contribution in [0.15, 0.2) is 47.2 Å². The van der Waals surface area contributed by atoms with Gasteiger partial charge in [0, 0.05) is 52.4 Å². The Morgan fingerprint density at radius 2 is 2.04 bits per heavy atom. The van der Waals surface area contributed by atoms with Gasteiger partial charge in [0.25, 0.3) is 0 Å². The predicted octanol–water partition coefficient (Wildman–Crippen LogP) is 4.58. The lowest BCUT2D eigenvalue weighted by molar-refractivity contribution is 0.0994. The van der Waals surface area contributed by atoms with E-state index in [9.17, 15) is 4.79 Å². The lowest BCUT2D eigenvalue weighted by Crippen LogP contribution is -2.20. The number of oxazole rings is 1. The van der Waals surface area contributed by atoms with Gasteiger partial charge in [0.05, 0.1) is 6.20 Å². The molecule has 0 radical (unpaired) electrons. The van der Waals surface area contributed by atoms with Crippen molar-refractivity contribution in [1.82, 2.24) is 14.9 Å². The molecule has 0 saturated heterocycles. The zero-order chi connectivity index (χ0) is 19.1. The molecular formula is C23H23N3O2. The molecule has 0 spiro atoms. The van der Waals surface area contributed by atoms with Crippen LogP contribution in [0, 0.1) is 0 Å². The Kier molecular flexibility index (Phi) is 4.24. The lowest BCUT2D eigenvalue weighted by atomic mass is 10.0. The van der Waals surface area contributed by atoms with E-state index in [0.29, 0.717) is 12.3 Å². The molecule has 28 heavy (non-hydrogen) atoms. The zero-order valence-corrected chi connectivity index (χ0v) is 16.0. The highest BCUT2D eigenvalue weighted by Gasteiger charge is 2.25. The fourth-order valence-electron chi connectivity index (χ4n) is 4.39. The van der Waals surface area contributed by atoms with Crippen molar-refractivity contribution < 1.29 is 9.21 Å². The molecule has 0 saturated carbocycles. The topological polar surface area (TPSA) is 60.1 Å². The van der Waals surface area contributed by atoms with Gasteiger partial charge in [0.1, 0.15) is 6.26 Å². The standard InChI is InChI=1S/C23H23N3O2/c1-2-9-24-10-12-26-19-6-3-15(23-25-11-13-28-23)14-18(19)22-17-5-8-21(27)16(17)4-7-20(22)26/h3-4,6-7,11,13-14,24H,2,5,8-10,12H2,1H3. The summed E-state index contributed by atoms with van der Waals surface area (Å²) in [6, 6.07) is 10.5. The second kappa shape index (κ2) is 6.91. The zero-order valence-electron chi connectivity index (χ0n) is 16.0. The minimum Gasteiger partial charge on any atom is -0.445 e. The normalized spacial score (nSPS) is 13.7. The number of hydrogen-bond donors (Lipinski definition) is 1. The Balaban J connectivity index is 1.73. The van der Waals surface area contributed by atoms with Crippen LogP contribution >= 0.6 is 0 Å². The number of nitrogens with one attached hydrogen (secondary N) is 1. The Morgan fingerprint density at radius 1 is 1.14 bits per heavy atom. The SMILES string of the molecule is CCCNCCn1c2ccc(-c3ncco3)cc2c2c3c(ccc21)C(=O)CC3. The maximum absolute atomic E-state index is 12.3. The maximum atomic E-state index is 12.3. The van der Waals surface area contributed by atoms with E-state index in [0.717, 1.165) is 43.6 Å². The number of aryl methyl sites for hydroxylation is 1. The number of aromatic nitrogens is 2. The average Bonchev–Trinajstić information content (AvgIpc) is 3.43. The molecule has 0 aliphatic heterocycles. The van der Waals surface area contributed by atoms with Crippen LogP contribution in [0.3, 0.4) is 0 Å². The fraction of sp³-hybridized carbons (Fsp3) is 0.304. The molecule has 1 aliphatic carbocycles. The van der Waals surface area contributed by atoms with Crippen LogP contribution in [-0.2, 0) is 13.0 Å². The molecule has 0 fully saturated rings. The van der Waals surface area contributed by atoms with Gasteiger partial charge in [-0.3, -0.25) is 4.79 Å². The van der Waals surface area contributed by atoms with Gasteiger partial charge >= 0.3 is 0 Å². The van der Waals surface area contributed by atoms with Gasteiger partial charge in [-0.05, 0) is 55.3 Å².